The van der Waals surface area contributed by atoms with E-state index in [2.05, 4.69) is 10.5 Å². The monoisotopic (exact) mass is 500 g/mol. The third kappa shape index (κ3) is 8.18. The fourth-order valence-electron chi connectivity index (χ4n) is 3.16. The summed E-state index contributed by atoms with van der Waals surface area (Å²) in [7, 11) is 0. The molecule has 0 aliphatic carbocycles. The van der Waals surface area contributed by atoms with E-state index in [0.717, 1.165) is 22.4 Å². The number of rotatable bonds is 11. The Morgan fingerprint density at radius 1 is 0.722 bits per heavy atom. The van der Waals surface area contributed by atoms with Crippen LogP contribution >= 0.6 is 11.6 Å². The van der Waals surface area contributed by atoms with Gasteiger partial charge in [0.15, 0.2) is 6.61 Å². The van der Waals surface area contributed by atoms with Gasteiger partial charge < -0.3 is 14.2 Å². The third-order valence-corrected chi connectivity index (χ3v) is 5.27. The number of hydrogen-bond donors (Lipinski definition) is 1. The van der Waals surface area contributed by atoms with Crippen LogP contribution < -0.4 is 19.6 Å². The predicted octanol–water partition coefficient (Wildman–Crippen LogP) is 6.03. The molecule has 4 aromatic carbocycles. The maximum absolute atomic E-state index is 12.1. The summed E-state index contributed by atoms with van der Waals surface area (Å²) in [6, 6.07) is 31.9. The first-order valence-corrected chi connectivity index (χ1v) is 11.7. The first kappa shape index (κ1) is 24.8. The number of carbonyl (C=O) groups is 1. The highest BCUT2D eigenvalue weighted by Crippen LogP contribution is 2.19. The number of nitrogens with one attached hydrogen (secondary N) is 1. The van der Waals surface area contributed by atoms with E-state index in [-0.39, 0.29) is 12.5 Å². The number of amides is 1. The van der Waals surface area contributed by atoms with Gasteiger partial charge in [-0.2, -0.15) is 5.10 Å². The highest BCUT2D eigenvalue weighted by atomic mass is 35.5. The van der Waals surface area contributed by atoms with E-state index in [0.29, 0.717) is 29.7 Å². The lowest BCUT2D eigenvalue weighted by Crippen LogP contribution is -2.24. The standard InChI is InChI=1S/C29H25ClN2O4/c30-25-11-9-23(10-12-25)20-35-28-8-4-7-24(17-28)18-31-32-29(33)21-36-27-15-13-26(14-16-27)34-19-22-5-2-1-3-6-22/h1-18H,19-21H2,(H,32,33). The zero-order valence-corrected chi connectivity index (χ0v) is 20.2. The Morgan fingerprint density at radius 2 is 1.36 bits per heavy atom. The van der Waals surface area contributed by atoms with Crippen molar-refractivity contribution < 1.29 is 19.0 Å². The molecule has 0 saturated heterocycles. The predicted molar refractivity (Wildman–Crippen MR) is 141 cm³/mol. The van der Waals surface area contributed by atoms with E-state index in [4.69, 9.17) is 25.8 Å². The lowest BCUT2D eigenvalue weighted by atomic mass is 10.2. The van der Waals surface area contributed by atoms with E-state index < -0.39 is 0 Å². The molecule has 0 saturated carbocycles. The number of nitrogens with zero attached hydrogens (tertiary/aromatic N) is 1. The second kappa shape index (κ2) is 13.0. The molecule has 0 aromatic heterocycles. The summed E-state index contributed by atoms with van der Waals surface area (Å²) in [5.41, 5.74) is 5.35. The molecule has 0 bridgehead atoms. The van der Waals surface area contributed by atoms with Crippen LogP contribution in [0.3, 0.4) is 0 Å². The normalized spacial score (nSPS) is 10.7. The summed E-state index contributed by atoms with van der Waals surface area (Å²) in [5.74, 6) is 1.61. The van der Waals surface area contributed by atoms with Crippen molar-refractivity contribution in [3.8, 4) is 17.2 Å². The van der Waals surface area contributed by atoms with Gasteiger partial charge in [-0.25, -0.2) is 5.43 Å². The Bertz CT molecular complexity index is 1280. The molecule has 0 unspecified atom stereocenters. The van der Waals surface area contributed by atoms with Crippen molar-refractivity contribution >= 4 is 23.7 Å². The molecule has 0 fully saturated rings. The Morgan fingerprint density at radius 3 is 2.08 bits per heavy atom. The van der Waals surface area contributed by atoms with Gasteiger partial charge in [-0.3, -0.25) is 4.79 Å². The fraction of sp³-hybridized carbons (Fsp3) is 0.103. The Labute approximate surface area is 215 Å². The van der Waals surface area contributed by atoms with Crippen molar-refractivity contribution in [2.24, 2.45) is 5.10 Å². The van der Waals surface area contributed by atoms with Crippen molar-refractivity contribution in [2.75, 3.05) is 6.61 Å². The summed E-state index contributed by atoms with van der Waals surface area (Å²) < 4.78 is 17.1. The van der Waals surface area contributed by atoms with Crippen LogP contribution in [0.4, 0.5) is 0 Å². The smallest absolute Gasteiger partial charge is 0.277 e. The van der Waals surface area contributed by atoms with E-state index >= 15 is 0 Å². The van der Waals surface area contributed by atoms with Crippen molar-refractivity contribution in [3.05, 3.63) is 125 Å². The molecular weight excluding hydrogens is 476 g/mol. The molecule has 4 rings (SSSR count). The number of hydrazone groups is 1. The van der Waals surface area contributed by atoms with Crippen LogP contribution in [0, 0.1) is 0 Å². The van der Waals surface area contributed by atoms with E-state index in [9.17, 15) is 4.79 Å². The summed E-state index contributed by atoms with van der Waals surface area (Å²) in [6.07, 6.45) is 1.55. The van der Waals surface area contributed by atoms with Gasteiger partial charge in [0.1, 0.15) is 30.5 Å². The minimum atomic E-state index is -0.370. The third-order valence-electron chi connectivity index (χ3n) is 5.02. The van der Waals surface area contributed by atoms with Crippen molar-refractivity contribution in [2.45, 2.75) is 13.2 Å². The maximum atomic E-state index is 12.1. The van der Waals surface area contributed by atoms with Gasteiger partial charge in [-0.05, 0) is 65.2 Å². The number of carbonyl (C=O) groups excluding carboxylic acids is 1. The molecule has 1 amide bonds. The Kier molecular flexibility index (Phi) is 8.95. The molecule has 0 aliphatic heterocycles. The minimum absolute atomic E-state index is 0.161. The molecule has 0 radical (unpaired) electrons. The van der Waals surface area contributed by atoms with Gasteiger partial charge in [0, 0.05) is 5.02 Å². The van der Waals surface area contributed by atoms with E-state index in [1.807, 2.05) is 78.9 Å². The van der Waals surface area contributed by atoms with Gasteiger partial charge >= 0.3 is 0 Å². The molecule has 0 heterocycles. The molecule has 7 heteroatoms. The Balaban J connectivity index is 1.18. The molecule has 1 N–H and O–H groups in total. The van der Waals surface area contributed by atoms with Crippen molar-refractivity contribution in [1.29, 1.82) is 0 Å². The lowest BCUT2D eigenvalue weighted by molar-refractivity contribution is -0.123. The first-order valence-electron chi connectivity index (χ1n) is 11.3. The quantitative estimate of drug-likeness (QED) is 0.202. The van der Waals surface area contributed by atoms with E-state index in [1.54, 1.807) is 30.5 Å². The highest BCUT2D eigenvalue weighted by molar-refractivity contribution is 6.30. The Hall–Kier alpha value is -4.29. The average Bonchev–Trinajstić information content (AvgIpc) is 2.92. The molecule has 0 spiro atoms. The zero-order valence-electron chi connectivity index (χ0n) is 19.5. The molecular formula is C29H25ClN2O4. The molecule has 4 aromatic rings. The van der Waals surface area contributed by atoms with Crippen molar-refractivity contribution in [1.82, 2.24) is 5.43 Å². The van der Waals surface area contributed by atoms with Crippen molar-refractivity contribution in [3.63, 3.8) is 0 Å². The summed E-state index contributed by atoms with van der Waals surface area (Å²) >= 11 is 5.91. The SMILES string of the molecule is O=C(COc1ccc(OCc2ccccc2)cc1)NN=Cc1cccc(OCc2ccc(Cl)cc2)c1. The fourth-order valence-corrected chi connectivity index (χ4v) is 3.29. The van der Waals surface area contributed by atoms with Crippen LogP contribution in [0.1, 0.15) is 16.7 Å². The minimum Gasteiger partial charge on any atom is -0.489 e. The van der Waals surface area contributed by atoms with Crippen LogP contribution in [0.5, 0.6) is 17.2 Å². The molecule has 182 valence electrons. The summed E-state index contributed by atoms with van der Waals surface area (Å²) in [5, 5.41) is 4.68. The van der Waals surface area contributed by atoms with Gasteiger partial charge in [0.25, 0.3) is 5.91 Å². The van der Waals surface area contributed by atoms with Crippen LogP contribution in [0.15, 0.2) is 108 Å². The maximum Gasteiger partial charge on any atom is 0.277 e. The zero-order chi connectivity index (χ0) is 25.0. The molecule has 0 aliphatic rings. The van der Waals surface area contributed by atoms with Crippen LogP contribution in [-0.2, 0) is 18.0 Å². The second-order valence-corrected chi connectivity index (χ2v) is 8.25. The van der Waals surface area contributed by atoms with Gasteiger partial charge in [0.05, 0.1) is 6.21 Å². The van der Waals surface area contributed by atoms with Crippen LogP contribution in [-0.4, -0.2) is 18.7 Å². The largest absolute Gasteiger partial charge is 0.489 e. The van der Waals surface area contributed by atoms with Crippen LogP contribution in [0.2, 0.25) is 5.02 Å². The molecule has 0 atom stereocenters. The molecule has 6 nitrogen and oxygen atoms in total. The number of hydrogen-bond acceptors (Lipinski definition) is 5. The van der Waals surface area contributed by atoms with Crippen LogP contribution in [0.25, 0.3) is 0 Å². The van der Waals surface area contributed by atoms with E-state index in [1.165, 1.54) is 0 Å². The number of benzene rings is 4. The number of ether oxygens (including phenoxy) is 3. The van der Waals surface area contributed by atoms with Gasteiger partial charge in [0.2, 0.25) is 0 Å². The average molecular weight is 501 g/mol. The highest BCUT2D eigenvalue weighted by Gasteiger charge is 2.03. The van der Waals surface area contributed by atoms with Gasteiger partial charge in [-0.15, -0.1) is 0 Å². The molecule has 36 heavy (non-hydrogen) atoms. The second-order valence-electron chi connectivity index (χ2n) is 7.82. The summed E-state index contributed by atoms with van der Waals surface area (Å²) in [6.45, 7) is 0.747. The lowest BCUT2D eigenvalue weighted by Gasteiger charge is -2.08. The number of halogens is 1. The topological polar surface area (TPSA) is 69.2 Å². The first-order chi connectivity index (χ1) is 17.6. The van der Waals surface area contributed by atoms with Gasteiger partial charge in [-0.1, -0.05) is 66.2 Å². The summed E-state index contributed by atoms with van der Waals surface area (Å²) in [4.78, 5) is 12.1.